The monoisotopic (exact) mass is 578 g/mol. The zero-order chi connectivity index (χ0) is 30.1. The quantitative estimate of drug-likeness (QED) is 0.0660. The van der Waals surface area contributed by atoms with E-state index in [1.54, 1.807) is 0 Å². The summed E-state index contributed by atoms with van der Waals surface area (Å²) < 4.78 is 37.2. The topological polar surface area (TPSA) is 262 Å². The van der Waals surface area contributed by atoms with Crippen LogP contribution in [0.4, 0.5) is 0 Å². The van der Waals surface area contributed by atoms with Crippen molar-refractivity contribution in [2.45, 2.75) is 4.90 Å². The van der Waals surface area contributed by atoms with Gasteiger partial charge in [-0.2, -0.15) is 8.42 Å². The van der Waals surface area contributed by atoms with E-state index in [0.717, 1.165) is 55.6 Å². The van der Waals surface area contributed by atoms with Gasteiger partial charge in [0.2, 0.25) is 17.3 Å². The number of hydrogen-bond acceptors (Lipinski definition) is 12. The number of carbonyl (C=O) groups excluding carboxylic acids is 3. The van der Waals surface area contributed by atoms with Crippen LogP contribution in [-0.2, 0) is 14.9 Å². The average molecular weight is 578 g/mol. The van der Waals surface area contributed by atoms with Gasteiger partial charge in [-0.25, -0.2) is 0 Å². The highest BCUT2D eigenvalue weighted by molar-refractivity contribution is 7.87. The maximum atomic E-state index is 13.4. The van der Waals surface area contributed by atoms with Crippen LogP contribution in [0, 0.1) is 0 Å². The molecule has 0 saturated carbocycles. The van der Waals surface area contributed by atoms with E-state index < -0.39 is 77.9 Å². The van der Waals surface area contributed by atoms with E-state index in [1.165, 1.54) is 0 Å². The number of Topliss-reactive ketones (excluding diaryl/α,β-unsaturated/α-hetero) is 2. The minimum absolute atomic E-state index is 0.138. The summed E-state index contributed by atoms with van der Waals surface area (Å²) in [5.74, 6) is -6.56. The molecule has 0 saturated heterocycles. The van der Waals surface area contributed by atoms with Crippen LogP contribution in [0.3, 0.4) is 0 Å². The van der Waals surface area contributed by atoms with Gasteiger partial charge in [-0.3, -0.25) is 14.4 Å². The van der Waals surface area contributed by atoms with Gasteiger partial charge in [0, 0.05) is 26.5 Å². The summed E-state index contributed by atoms with van der Waals surface area (Å²) in [6.07, 6.45) is 0. The fraction of sp³-hybridized carbons (Fsp3) is 0.0417. The molecule has 0 bridgehead atoms. The van der Waals surface area contributed by atoms with E-state index >= 15 is 0 Å². The van der Waals surface area contributed by atoms with E-state index in [4.69, 9.17) is 20.0 Å². The summed E-state index contributed by atoms with van der Waals surface area (Å²) in [5.41, 5.74) is 14.7. The first-order chi connectivity index (χ1) is 19.5. The lowest BCUT2D eigenvalue weighted by Crippen LogP contribution is -2.25. The molecule has 0 spiro atoms. The summed E-state index contributed by atoms with van der Waals surface area (Å²) in [6, 6.07) is 8.49. The number of hydrogen-bond donors (Lipinski definition) is 3. The summed E-state index contributed by atoms with van der Waals surface area (Å²) in [6.45, 7) is 0. The Morgan fingerprint density at radius 2 is 1.56 bits per heavy atom. The van der Waals surface area contributed by atoms with Crippen LogP contribution in [0.25, 0.3) is 26.6 Å². The summed E-state index contributed by atoms with van der Waals surface area (Å²) in [5, 5.41) is 35.6. The number of ether oxygens (including phenoxy) is 1. The normalized spacial score (nSPS) is 12.6. The van der Waals surface area contributed by atoms with Gasteiger partial charge < -0.3 is 24.2 Å². The van der Waals surface area contributed by atoms with Gasteiger partial charge in [0.05, 0.1) is 24.1 Å². The van der Waals surface area contributed by atoms with Gasteiger partial charge in [-0.1, -0.05) is 22.4 Å². The molecule has 41 heavy (non-hydrogen) atoms. The second-order valence-corrected chi connectivity index (χ2v) is 9.49. The van der Waals surface area contributed by atoms with Crippen molar-refractivity contribution in [1.82, 2.24) is 0 Å². The summed E-state index contributed by atoms with van der Waals surface area (Å²) in [4.78, 5) is 42.2. The molecule has 206 valence electrons. The number of carbonyl (C=O) groups is 3. The number of allylic oxidation sites excluding steroid dienone is 1. The van der Waals surface area contributed by atoms with E-state index in [0.29, 0.717) is 0 Å². The summed E-state index contributed by atoms with van der Waals surface area (Å²) in [7, 11) is -3.77. The second kappa shape index (κ2) is 10.6. The van der Waals surface area contributed by atoms with Crippen LogP contribution >= 0.6 is 0 Å². The third-order valence-electron chi connectivity index (χ3n) is 5.71. The number of fused-ring (bicyclic) bond motifs is 1. The van der Waals surface area contributed by atoms with Crippen molar-refractivity contribution >= 4 is 33.2 Å². The van der Waals surface area contributed by atoms with Crippen molar-refractivity contribution < 1.29 is 47.0 Å². The third-order valence-corrected chi connectivity index (χ3v) is 6.99. The fourth-order valence-electron chi connectivity index (χ4n) is 3.86. The number of phenols is 3. The molecule has 0 amide bonds. The molecule has 1 aliphatic rings. The fourth-order valence-corrected chi connectivity index (χ4v) is 5.02. The Labute approximate surface area is 228 Å². The number of nitrogens with zero attached hydrogens (tertiary/aromatic N) is 6. The maximum absolute atomic E-state index is 13.4. The molecule has 0 atom stereocenters. The van der Waals surface area contributed by atoms with Crippen LogP contribution < -0.4 is 8.92 Å². The van der Waals surface area contributed by atoms with E-state index in [9.17, 15) is 38.1 Å². The lowest BCUT2D eigenvalue weighted by molar-refractivity contribution is -0.111. The predicted octanol–water partition coefficient (Wildman–Crippen LogP) is 3.87. The first kappa shape index (κ1) is 28.0. The van der Waals surface area contributed by atoms with E-state index in [-0.39, 0.29) is 16.9 Å². The number of phenolic OH excluding ortho intramolecular Hbond substituents is 3. The van der Waals surface area contributed by atoms with Crippen molar-refractivity contribution in [2.75, 3.05) is 7.11 Å². The molecule has 3 aromatic rings. The predicted molar refractivity (Wildman–Crippen MR) is 137 cm³/mol. The smallest absolute Gasteiger partial charge is 0.339 e. The van der Waals surface area contributed by atoms with Crippen LogP contribution in [0.2, 0.25) is 0 Å². The van der Waals surface area contributed by atoms with Crippen molar-refractivity contribution in [3.05, 3.63) is 97.4 Å². The Balaban J connectivity index is 1.81. The lowest BCUT2D eigenvalue weighted by atomic mass is 9.91. The molecular weight excluding hydrogens is 564 g/mol. The number of azide groups is 2. The standard InChI is InChI=1S/C24H14N6O10S/c1-39-15-9-10(20(32)12-6-7-13(31)23(35)22(12)34)5-8-14(15)40-41(37,38)16-4-2-3-11-17(16)18(27-29-25)19(28-30-26)24(36)21(11)33/h2-9,31,34-35H,1H3. The van der Waals surface area contributed by atoms with Crippen LogP contribution in [-0.4, -0.2) is 48.2 Å². The highest BCUT2D eigenvalue weighted by Gasteiger charge is 2.37. The Kier molecular flexibility index (Phi) is 7.26. The molecule has 3 aromatic carbocycles. The van der Waals surface area contributed by atoms with Crippen molar-refractivity contribution in [3.63, 3.8) is 0 Å². The van der Waals surface area contributed by atoms with Gasteiger partial charge in [0.25, 0.3) is 0 Å². The minimum atomic E-state index is -4.90. The molecular formula is C24H14N6O10S. The van der Waals surface area contributed by atoms with Crippen LogP contribution in [0.15, 0.2) is 69.4 Å². The second-order valence-electron chi connectivity index (χ2n) is 7.97. The Morgan fingerprint density at radius 3 is 2.22 bits per heavy atom. The number of ketones is 3. The highest BCUT2D eigenvalue weighted by atomic mass is 32.2. The first-order valence-corrected chi connectivity index (χ1v) is 12.4. The van der Waals surface area contributed by atoms with E-state index in [2.05, 4.69) is 20.1 Å². The van der Waals surface area contributed by atoms with Crippen LogP contribution in [0.1, 0.15) is 31.8 Å². The van der Waals surface area contributed by atoms with Crippen LogP contribution in [0.5, 0.6) is 28.7 Å². The Hall–Kier alpha value is -6.02. The zero-order valence-electron chi connectivity index (χ0n) is 20.4. The minimum Gasteiger partial charge on any atom is -0.504 e. The van der Waals surface area contributed by atoms with Gasteiger partial charge in [0.15, 0.2) is 28.8 Å². The number of benzene rings is 3. The molecule has 0 aromatic heterocycles. The molecule has 0 radical (unpaired) electrons. The van der Waals surface area contributed by atoms with E-state index in [1.807, 2.05) is 0 Å². The molecule has 17 heteroatoms. The zero-order valence-corrected chi connectivity index (χ0v) is 21.2. The largest absolute Gasteiger partial charge is 0.504 e. The summed E-state index contributed by atoms with van der Waals surface area (Å²) >= 11 is 0. The number of methoxy groups -OCH3 is 1. The lowest BCUT2D eigenvalue weighted by Gasteiger charge is -2.20. The molecule has 4 rings (SSSR count). The Bertz CT molecular complexity index is 1920. The van der Waals surface area contributed by atoms with Gasteiger partial charge in [-0.05, 0) is 47.5 Å². The molecule has 1 aliphatic carbocycles. The maximum Gasteiger partial charge on any atom is 0.339 e. The average Bonchev–Trinajstić information content (AvgIpc) is 2.95. The number of aromatic hydroxyl groups is 3. The molecule has 0 unspecified atom stereocenters. The van der Waals surface area contributed by atoms with Gasteiger partial charge in [-0.15, -0.1) is 0 Å². The van der Waals surface area contributed by atoms with Gasteiger partial charge >= 0.3 is 10.1 Å². The first-order valence-electron chi connectivity index (χ1n) is 10.9. The molecule has 0 heterocycles. The number of rotatable bonds is 8. The van der Waals surface area contributed by atoms with Gasteiger partial charge in [0.1, 0.15) is 4.90 Å². The molecule has 16 nitrogen and oxygen atoms in total. The highest BCUT2D eigenvalue weighted by Crippen LogP contribution is 2.40. The van der Waals surface area contributed by atoms with Crippen molar-refractivity contribution in [1.29, 1.82) is 0 Å². The molecule has 3 N–H and O–H groups in total. The molecule has 0 fully saturated rings. The van der Waals surface area contributed by atoms with Crippen molar-refractivity contribution in [3.8, 4) is 28.7 Å². The SMILES string of the molecule is COc1cc(C(=O)c2ccc(O)c(O)c2O)ccc1OS(=O)(=O)c1cccc2c1C(N=[N+]=[N-])=C(N=[N+]=[N-])C(=O)C2=O. The third kappa shape index (κ3) is 4.81. The van der Waals surface area contributed by atoms with Crippen molar-refractivity contribution in [2.24, 2.45) is 10.2 Å². The molecule has 0 aliphatic heterocycles. The Morgan fingerprint density at radius 1 is 0.878 bits per heavy atom.